The Kier molecular flexibility index (Phi) is 5.67. The van der Waals surface area contributed by atoms with E-state index in [1.54, 1.807) is 0 Å². The molecule has 9 nitrogen and oxygen atoms in total. The third-order valence-electron chi connectivity index (χ3n) is 4.31. The van der Waals surface area contributed by atoms with E-state index in [0.29, 0.717) is 41.0 Å². The van der Waals surface area contributed by atoms with Crippen LogP contribution in [-0.2, 0) is 11.3 Å². The zero-order valence-electron chi connectivity index (χ0n) is 15.8. The van der Waals surface area contributed by atoms with Crippen molar-refractivity contribution in [1.29, 1.82) is 0 Å². The maximum Gasteiger partial charge on any atom is 0.231 e. The van der Waals surface area contributed by atoms with Gasteiger partial charge in [-0.1, -0.05) is 25.6 Å². The molecule has 1 aromatic carbocycles. The molecule has 1 aliphatic heterocycles. The van der Waals surface area contributed by atoms with Gasteiger partial charge in [0, 0.05) is 27.5 Å². The van der Waals surface area contributed by atoms with E-state index in [1.807, 2.05) is 30.5 Å². The molecule has 0 saturated carbocycles. The van der Waals surface area contributed by atoms with Gasteiger partial charge in [0.15, 0.2) is 33.6 Å². The molecule has 3 aromatic rings. The van der Waals surface area contributed by atoms with Crippen LogP contribution >= 0.6 is 34.4 Å². The Bertz CT molecular complexity index is 1090. The molecule has 4 rings (SSSR count). The zero-order valence-corrected chi connectivity index (χ0v) is 18.8. The second-order valence-electron chi connectivity index (χ2n) is 6.66. The Morgan fingerprint density at radius 3 is 2.86 bits per heavy atom. The number of hydrogen-bond donors (Lipinski definition) is 2. The van der Waals surface area contributed by atoms with Gasteiger partial charge in [-0.2, -0.15) is 0 Å². The average Bonchev–Trinajstić information content (AvgIpc) is 3.27. The molecule has 3 N–H and O–H groups in total. The molecular formula is C18H19IN6O3S. The third kappa shape index (κ3) is 4.06. The summed E-state index contributed by atoms with van der Waals surface area (Å²) >= 11 is 3.74. The molecule has 0 atom stereocenters. The number of carbonyl (C=O) groups is 1. The Balaban J connectivity index is 1.66. The molecule has 1 aliphatic rings. The van der Waals surface area contributed by atoms with Gasteiger partial charge in [-0.15, -0.1) is 0 Å². The minimum absolute atomic E-state index is 0.00285. The van der Waals surface area contributed by atoms with Gasteiger partial charge in [0.2, 0.25) is 12.7 Å². The number of aromatic nitrogens is 4. The number of fused-ring (bicyclic) bond motifs is 2. The van der Waals surface area contributed by atoms with Crippen molar-refractivity contribution >= 4 is 57.2 Å². The number of hydrogen-bond acceptors (Lipinski definition) is 8. The number of nitrogens with one attached hydrogen (secondary N) is 1. The fourth-order valence-corrected chi connectivity index (χ4v) is 4.50. The molecule has 0 fully saturated rings. The summed E-state index contributed by atoms with van der Waals surface area (Å²) in [7, 11) is 0. The Labute approximate surface area is 184 Å². The number of ether oxygens (including phenoxy) is 2. The van der Waals surface area contributed by atoms with Crippen LogP contribution in [0.1, 0.15) is 13.8 Å². The smallest absolute Gasteiger partial charge is 0.231 e. The number of imidazole rings is 1. The number of rotatable bonds is 6. The summed E-state index contributed by atoms with van der Waals surface area (Å²) in [5, 5.41) is 3.64. The molecule has 29 heavy (non-hydrogen) atoms. The van der Waals surface area contributed by atoms with Gasteiger partial charge in [-0.05, 0) is 34.7 Å². The monoisotopic (exact) mass is 526 g/mol. The molecular weight excluding hydrogens is 507 g/mol. The molecule has 0 saturated heterocycles. The summed E-state index contributed by atoms with van der Waals surface area (Å²) < 4.78 is 13.9. The van der Waals surface area contributed by atoms with Crippen LogP contribution in [-0.4, -0.2) is 38.8 Å². The first kappa shape index (κ1) is 20.0. The number of anilines is 1. The van der Waals surface area contributed by atoms with Crippen molar-refractivity contribution in [2.75, 3.05) is 19.1 Å². The summed E-state index contributed by atoms with van der Waals surface area (Å²) in [6.07, 6.45) is 1.42. The van der Waals surface area contributed by atoms with Crippen molar-refractivity contribution in [3.63, 3.8) is 0 Å². The number of amides is 1. The predicted molar refractivity (Wildman–Crippen MR) is 117 cm³/mol. The lowest BCUT2D eigenvalue weighted by atomic mass is 10.2. The zero-order chi connectivity index (χ0) is 20.5. The third-order valence-corrected chi connectivity index (χ3v) is 6.62. The van der Waals surface area contributed by atoms with E-state index in [9.17, 15) is 4.79 Å². The molecule has 3 heterocycles. The van der Waals surface area contributed by atoms with E-state index < -0.39 is 0 Å². The van der Waals surface area contributed by atoms with Crippen LogP contribution in [0.25, 0.3) is 11.2 Å². The van der Waals surface area contributed by atoms with Crippen LogP contribution in [0.3, 0.4) is 0 Å². The maximum atomic E-state index is 11.9. The number of nitrogens with two attached hydrogens (primary N) is 1. The van der Waals surface area contributed by atoms with Crippen molar-refractivity contribution in [2.24, 2.45) is 5.92 Å². The highest BCUT2D eigenvalue weighted by atomic mass is 127. The van der Waals surface area contributed by atoms with E-state index >= 15 is 0 Å². The number of nitrogen functional groups attached to an aromatic ring is 1. The fourth-order valence-electron chi connectivity index (χ4n) is 2.78. The van der Waals surface area contributed by atoms with Crippen LogP contribution < -0.4 is 20.5 Å². The lowest BCUT2D eigenvalue weighted by Crippen LogP contribution is -2.30. The van der Waals surface area contributed by atoms with Crippen LogP contribution in [0.4, 0.5) is 5.82 Å². The molecule has 152 valence electrons. The highest BCUT2D eigenvalue weighted by Gasteiger charge is 2.21. The molecule has 0 aliphatic carbocycles. The van der Waals surface area contributed by atoms with E-state index in [-0.39, 0.29) is 18.6 Å². The highest BCUT2D eigenvalue weighted by Crippen LogP contribution is 2.41. The lowest BCUT2D eigenvalue weighted by Gasteiger charge is -2.11. The molecule has 0 unspecified atom stereocenters. The maximum absolute atomic E-state index is 11.9. The Morgan fingerprint density at radius 1 is 1.34 bits per heavy atom. The standard InChI is InChI=1S/C18H19IN6O3S/c1-9(2)17(26)21-3-4-25-16-14(15(20)22-7-23-16)24-18(25)29-13-6-12-11(5-10(13)19)27-8-28-12/h5-7,9H,3-4,8H2,1-2H3,(H,21,26)(H2,20,22,23). The molecule has 2 aromatic heterocycles. The molecule has 0 bridgehead atoms. The minimum Gasteiger partial charge on any atom is -0.454 e. The van der Waals surface area contributed by atoms with Crippen LogP contribution in [0, 0.1) is 9.49 Å². The van der Waals surface area contributed by atoms with Crippen LogP contribution in [0.5, 0.6) is 11.5 Å². The lowest BCUT2D eigenvalue weighted by molar-refractivity contribution is -0.124. The predicted octanol–water partition coefficient (Wildman–Crippen LogP) is 2.67. The van der Waals surface area contributed by atoms with Gasteiger partial charge < -0.3 is 25.1 Å². The van der Waals surface area contributed by atoms with Crippen molar-refractivity contribution in [1.82, 2.24) is 24.8 Å². The molecule has 11 heteroatoms. The van der Waals surface area contributed by atoms with Crippen molar-refractivity contribution in [3.05, 3.63) is 22.0 Å². The fraction of sp³-hybridized carbons (Fsp3) is 0.333. The second kappa shape index (κ2) is 8.22. The first-order chi connectivity index (χ1) is 13.9. The second-order valence-corrected chi connectivity index (χ2v) is 8.83. The van der Waals surface area contributed by atoms with Gasteiger partial charge in [0.1, 0.15) is 6.33 Å². The van der Waals surface area contributed by atoms with Crippen LogP contribution in [0.15, 0.2) is 28.5 Å². The van der Waals surface area contributed by atoms with Gasteiger partial charge in [0.05, 0.1) is 0 Å². The van der Waals surface area contributed by atoms with E-state index in [1.165, 1.54) is 18.1 Å². The first-order valence-corrected chi connectivity index (χ1v) is 10.8. The van der Waals surface area contributed by atoms with Crippen molar-refractivity contribution in [3.8, 4) is 11.5 Å². The largest absolute Gasteiger partial charge is 0.454 e. The quantitative estimate of drug-likeness (QED) is 0.471. The molecule has 0 spiro atoms. The van der Waals surface area contributed by atoms with Crippen LogP contribution in [0.2, 0.25) is 0 Å². The summed E-state index contributed by atoms with van der Waals surface area (Å²) in [4.78, 5) is 25.9. The van der Waals surface area contributed by atoms with E-state index in [2.05, 4.69) is 42.9 Å². The summed E-state index contributed by atoms with van der Waals surface area (Å²) in [6, 6.07) is 3.88. The number of nitrogens with zero attached hydrogens (tertiary/aromatic N) is 4. The first-order valence-electron chi connectivity index (χ1n) is 8.95. The van der Waals surface area contributed by atoms with Crippen molar-refractivity contribution < 1.29 is 14.3 Å². The summed E-state index contributed by atoms with van der Waals surface area (Å²) in [5.41, 5.74) is 7.18. The highest BCUT2D eigenvalue weighted by molar-refractivity contribution is 14.1. The van der Waals surface area contributed by atoms with Gasteiger partial charge in [-0.25, -0.2) is 15.0 Å². The van der Waals surface area contributed by atoms with E-state index in [0.717, 1.165) is 14.2 Å². The average molecular weight is 526 g/mol. The SMILES string of the molecule is CC(C)C(=O)NCCn1c(Sc2cc3c(cc2I)OCO3)nc2c(N)ncnc21. The Hall–Kier alpha value is -2.28. The summed E-state index contributed by atoms with van der Waals surface area (Å²) in [6.45, 7) is 4.91. The van der Waals surface area contributed by atoms with Gasteiger partial charge in [-0.3, -0.25) is 4.79 Å². The summed E-state index contributed by atoms with van der Waals surface area (Å²) in [5.74, 6) is 1.69. The topological polar surface area (TPSA) is 117 Å². The van der Waals surface area contributed by atoms with Crippen molar-refractivity contribution in [2.45, 2.75) is 30.4 Å². The number of carbonyl (C=O) groups excluding carboxylic acids is 1. The number of benzene rings is 1. The number of halogens is 1. The minimum atomic E-state index is -0.0726. The Morgan fingerprint density at radius 2 is 2.10 bits per heavy atom. The normalized spacial score (nSPS) is 12.7. The molecule has 0 radical (unpaired) electrons. The molecule has 1 amide bonds. The van der Waals surface area contributed by atoms with E-state index in [4.69, 9.17) is 15.2 Å². The van der Waals surface area contributed by atoms with Gasteiger partial charge >= 0.3 is 0 Å². The van der Waals surface area contributed by atoms with Gasteiger partial charge in [0.25, 0.3) is 0 Å².